The maximum atomic E-state index is 14.5. The highest BCUT2D eigenvalue weighted by atomic mass is 35.5. The van der Waals surface area contributed by atoms with Gasteiger partial charge in [0.2, 0.25) is 0 Å². The van der Waals surface area contributed by atoms with Crippen molar-refractivity contribution in [2.75, 3.05) is 11.6 Å². The number of halogens is 6. The van der Waals surface area contributed by atoms with Crippen molar-refractivity contribution in [2.24, 2.45) is 0 Å². The average molecular weight is 481 g/mol. The predicted molar refractivity (Wildman–Crippen MR) is 103 cm³/mol. The molecular weight excluding hydrogens is 467 g/mol. The number of sulfone groups is 1. The SMILES string of the molecule is Cc1[nH]c(C(Nc2nccc(C(F)(F)F)c2F)c2ccc(F)c(Cl)c2)nc1S(C)(=O)=O. The lowest BCUT2D eigenvalue weighted by Crippen LogP contribution is -2.18. The molecule has 0 saturated heterocycles. The van der Waals surface area contributed by atoms with Gasteiger partial charge in [0.05, 0.1) is 16.3 Å². The van der Waals surface area contributed by atoms with E-state index in [1.807, 2.05) is 0 Å². The molecule has 1 aromatic carbocycles. The standard InChI is InChI=1S/C18H14ClF5N4O2S/c1-8-17(31(2,29)30)28-16(26-8)14(9-3-4-12(20)11(19)7-9)27-15-13(21)10(5-6-25-15)18(22,23)24/h3-7,14H,1-2H3,(H,25,27)(H,26,28). The number of H-pyrrole nitrogens is 1. The van der Waals surface area contributed by atoms with Crippen LogP contribution in [0.1, 0.15) is 28.7 Å². The second kappa shape index (κ2) is 8.08. The third-order valence-corrected chi connectivity index (χ3v) is 5.63. The number of benzene rings is 1. The number of hydrogen-bond acceptors (Lipinski definition) is 5. The van der Waals surface area contributed by atoms with Crippen LogP contribution in [0, 0.1) is 18.6 Å². The lowest BCUT2D eigenvalue weighted by molar-refractivity contribution is -0.140. The third-order valence-electron chi connectivity index (χ3n) is 4.24. The minimum atomic E-state index is -4.97. The van der Waals surface area contributed by atoms with E-state index in [0.29, 0.717) is 6.07 Å². The Morgan fingerprint density at radius 1 is 1.19 bits per heavy atom. The molecule has 0 aliphatic heterocycles. The van der Waals surface area contributed by atoms with Gasteiger partial charge in [-0.3, -0.25) is 0 Å². The van der Waals surface area contributed by atoms with Crippen molar-refractivity contribution in [2.45, 2.75) is 24.2 Å². The maximum absolute atomic E-state index is 14.5. The predicted octanol–water partition coefficient (Wildman–Crippen LogP) is 4.67. The molecule has 2 N–H and O–H groups in total. The van der Waals surface area contributed by atoms with Crippen molar-refractivity contribution in [3.8, 4) is 0 Å². The van der Waals surface area contributed by atoms with Crippen molar-refractivity contribution >= 4 is 27.3 Å². The first-order chi connectivity index (χ1) is 14.3. The summed E-state index contributed by atoms with van der Waals surface area (Å²) in [5.74, 6) is -3.28. The van der Waals surface area contributed by atoms with Crippen LogP contribution in [-0.2, 0) is 16.0 Å². The van der Waals surface area contributed by atoms with Gasteiger partial charge in [0, 0.05) is 12.5 Å². The number of aromatic nitrogens is 3. The summed E-state index contributed by atoms with van der Waals surface area (Å²) in [6, 6.07) is 2.62. The van der Waals surface area contributed by atoms with Gasteiger partial charge >= 0.3 is 6.18 Å². The van der Waals surface area contributed by atoms with E-state index in [1.54, 1.807) is 0 Å². The van der Waals surface area contributed by atoms with Gasteiger partial charge in [-0.2, -0.15) is 13.2 Å². The van der Waals surface area contributed by atoms with E-state index in [0.717, 1.165) is 24.6 Å². The van der Waals surface area contributed by atoms with Gasteiger partial charge in [-0.15, -0.1) is 0 Å². The van der Waals surface area contributed by atoms with E-state index in [-0.39, 0.29) is 27.1 Å². The number of nitrogens with one attached hydrogen (secondary N) is 2. The lowest BCUT2D eigenvalue weighted by atomic mass is 10.1. The fourth-order valence-corrected chi connectivity index (χ4v) is 3.93. The molecule has 0 fully saturated rings. The Morgan fingerprint density at radius 2 is 1.87 bits per heavy atom. The van der Waals surface area contributed by atoms with Crippen molar-refractivity contribution in [1.29, 1.82) is 0 Å². The van der Waals surface area contributed by atoms with Crippen molar-refractivity contribution in [3.63, 3.8) is 0 Å². The lowest BCUT2D eigenvalue weighted by Gasteiger charge is -2.20. The molecule has 0 saturated carbocycles. The minimum Gasteiger partial charge on any atom is -0.354 e. The fourth-order valence-electron chi connectivity index (χ4n) is 2.87. The molecule has 2 aromatic heterocycles. The molecule has 1 unspecified atom stereocenters. The highest BCUT2D eigenvalue weighted by molar-refractivity contribution is 7.90. The summed E-state index contributed by atoms with van der Waals surface area (Å²) in [6.45, 7) is 1.42. The van der Waals surface area contributed by atoms with Crippen molar-refractivity contribution in [3.05, 3.63) is 69.8 Å². The first-order valence-corrected chi connectivity index (χ1v) is 10.8. The van der Waals surface area contributed by atoms with Crippen LogP contribution in [0.25, 0.3) is 0 Å². The van der Waals surface area contributed by atoms with E-state index in [9.17, 15) is 30.4 Å². The van der Waals surface area contributed by atoms with Crippen molar-refractivity contribution in [1.82, 2.24) is 15.0 Å². The first-order valence-electron chi connectivity index (χ1n) is 8.48. The molecule has 0 spiro atoms. The van der Waals surface area contributed by atoms with Crippen LogP contribution in [-0.4, -0.2) is 29.6 Å². The molecule has 0 radical (unpaired) electrons. The normalized spacial score (nSPS) is 13.3. The number of nitrogens with zero attached hydrogens (tertiary/aromatic N) is 2. The molecule has 3 aromatic rings. The van der Waals surface area contributed by atoms with Crippen LogP contribution in [0.5, 0.6) is 0 Å². The molecule has 0 bridgehead atoms. The quantitative estimate of drug-likeness (QED) is 0.518. The van der Waals surface area contributed by atoms with Crippen LogP contribution in [0.15, 0.2) is 35.5 Å². The van der Waals surface area contributed by atoms with Crippen LogP contribution in [0.2, 0.25) is 5.02 Å². The second-order valence-electron chi connectivity index (χ2n) is 6.59. The molecule has 0 aliphatic rings. The summed E-state index contributed by atoms with van der Waals surface area (Å²) in [6.07, 6.45) is -3.29. The van der Waals surface area contributed by atoms with Gasteiger partial charge in [-0.25, -0.2) is 27.2 Å². The average Bonchev–Trinajstić information content (AvgIpc) is 3.04. The molecule has 3 rings (SSSR count). The van der Waals surface area contributed by atoms with E-state index in [2.05, 4.69) is 20.3 Å². The Balaban J connectivity index is 2.16. The topological polar surface area (TPSA) is 87.7 Å². The zero-order valence-electron chi connectivity index (χ0n) is 15.9. The van der Waals surface area contributed by atoms with E-state index in [1.165, 1.54) is 13.0 Å². The Kier molecular flexibility index (Phi) is 5.98. The van der Waals surface area contributed by atoms with Crippen LogP contribution in [0.3, 0.4) is 0 Å². The number of rotatable bonds is 5. The molecule has 2 heterocycles. The molecule has 0 amide bonds. The maximum Gasteiger partial charge on any atom is 0.419 e. The minimum absolute atomic E-state index is 0.0841. The number of alkyl halides is 3. The molecular formula is C18H14ClF5N4O2S. The zero-order valence-corrected chi connectivity index (χ0v) is 17.4. The molecule has 6 nitrogen and oxygen atoms in total. The largest absolute Gasteiger partial charge is 0.419 e. The second-order valence-corrected chi connectivity index (χ2v) is 8.93. The van der Waals surface area contributed by atoms with Gasteiger partial charge in [0.1, 0.15) is 17.7 Å². The molecule has 1 atom stereocenters. The summed E-state index contributed by atoms with van der Waals surface area (Å²) in [7, 11) is -3.75. The number of aryl methyl sites for hydroxylation is 1. The smallest absolute Gasteiger partial charge is 0.354 e. The van der Waals surface area contributed by atoms with E-state index < -0.39 is 45.1 Å². The first kappa shape index (κ1) is 22.9. The number of anilines is 1. The number of hydrogen-bond donors (Lipinski definition) is 2. The van der Waals surface area contributed by atoms with Crippen LogP contribution in [0.4, 0.5) is 27.8 Å². The van der Waals surface area contributed by atoms with Gasteiger partial charge in [0.25, 0.3) is 0 Å². The fraction of sp³-hybridized carbons (Fsp3) is 0.222. The van der Waals surface area contributed by atoms with Gasteiger partial charge in [-0.05, 0) is 30.7 Å². The van der Waals surface area contributed by atoms with Crippen molar-refractivity contribution < 1.29 is 30.4 Å². The van der Waals surface area contributed by atoms with Gasteiger partial charge in [-0.1, -0.05) is 17.7 Å². The summed E-state index contributed by atoms with van der Waals surface area (Å²) in [5.41, 5.74) is -1.23. The Morgan fingerprint density at radius 3 is 2.42 bits per heavy atom. The number of pyridine rings is 1. The van der Waals surface area contributed by atoms with Gasteiger partial charge < -0.3 is 10.3 Å². The third kappa shape index (κ3) is 4.79. The Hall–Kier alpha value is -2.73. The summed E-state index contributed by atoms with van der Waals surface area (Å²) in [4.78, 5) is 10.3. The molecule has 166 valence electrons. The van der Waals surface area contributed by atoms with E-state index >= 15 is 0 Å². The van der Waals surface area contributed by atoms with Crippen LogP contribution < -0.4 is 5.32 Å². The number of imidazole rings is 1. The van der Waals surface area contributed by atoms with E-state index in [4.69, 9.17) is 11.6 Å². The molecule has 0 aliphatic carbocycles. The monoisotopic (exact) mass is 480 g/mol. The number of aromatic amines is 1. The molecule has 13 heteroatoms. The molecule has 31 heavy (non-hydrogen) atoms. The highest BCUT2D eigenvalue weighted by Crippen LogP contribution is 2.35. The summed E-state index contributed by atoms with van der Waals surface area (Å²) in [5, 5.41) is 1.86. The van der Waals surface area contributed by atoms with Crippen LogP contribution >= 0.6 is 11.6 Å². The Bertz CT molecular complexity index is 1240. The Labute approximate surface area is 178 Å². The summed E-state index contributed by atoms with van der Waals surface area (Å²) < 4.78 is 91.1. The summed E-state index contributed by atoms with van der Waals surface area (Å²) >= 11 is 5.81. The zero-order chi connectivity index (χ0) is 23.1. The van der Waals surface area contributed by atoms with Gasteiger partial charge in [0.15, 0.2) is 26.5 Å². The highest BCUT2D eigenvalue weighted by Gasteiger charge is 2.36.